The van der Waals surface area contributed by atoms with Crippen LogP contribution in [0.5, 0.6) is 0 Å². The van der Waals surface area contributed by atoms with E-state index in [9.17, 15) is 9.59 Å². The van der Waals surface area contributed by atoms with E-state index in [0.29, 0.717) is 13.0 Å². The summed E-state index contributed by atoms with van der Waals surface area (Å²) in [5.41, 5.74) is 0. The second kappa shape index (κ2) is 9.15. The minimum atomic E-state index is -0.557. The summed E-state index contributed by atoms with van der Waals surface area (Å²) in [6.45, 7) is 4.29. The second-order valence-corrected chi connectivity index (χ2v) is 3.42. The minimum absolute atomic E-state index is 0.0177. The molecule has 5 heteroatoms. The van der Waals surface area contributed by atoms with Crippen molar-refractivity contribution >= 4 is 11.9 Å². The fourth-order valence-corrected chi connectivity index (χ4v) is 1.23. The van der Waals surface area contributed by atoms with Gasteiger partial charge in [0, 0.05) is 6.61 Å². The first-order chi connectivity index (χ1) is 7.65. The number of rotatable bonds is 8. The van der Waals surface area contributed by atoms with Crippen LogP contribution in [-0.4, -0.2) is 38.2 Å². The molecule has 1 amide bonds. The van der Waals surface area contributed by atoms with Crippen molar-refractivity contribution in [2.75, 3.05) is 20.3 Å². The zero-order valence-corrected chi connectivity index (χ0v) is 10.2. The Hall–Kier alpha value is -1.10. The highest BCUT2D eigenvalue weighted by Gasteiger charge is 2.20. The third-order valence-electron chi connectivity index (χ3n) is 2.10. The van der Waals surface area contributed by atoms with Gasteiger partial charge in [0.15, 0.2) is 0 Å². The normalized spacial score (nSPS) is 11.9. The Morgan fingerprint density at radius 1 is 1.31 bits per heavy atom. The molecule has 0 aromatic carbocycles. The average molecular weight is 231 g/mol. The minimum Gasteiger partial charge on any atom is -0.467 e. The van der Waals surface area contributed by atoms with E-state index in [1.54, 1.807) is 0 Å². The molecule has 0 aromatic rings. The monoisotopic (exact) mass is 231 g/mol. The highest BCUT2D eigenvalue weighted by Crippen LogP contribution is 2.02. The Kier molecular flexibility index (Phi) is 8.52. The predicted molar refractivity (Wildman–Crippen MR) is 60.0 cm³/mol. The first kappa shape index (κ1) is 14.9. The molecule has 0 aliphatic heterocycles. The molecule has 94 valence electrons. The van der Waals surface area contributed by atoms with Crippen LogP contribution in [0, 0.1) is 0 Å². The van der Waals surface area contributed by atoms with E-state index < -0.39 is 12.0 Å². The maximum Gasteiger partial charge on any atom is 0.328 e. The van der Waals surface area contributed by atoms with Gasteiger partial charge in [0.1, 0.15) is 12.6 Å². The van der Waals surface area contributed by atoms with Gasteiger partial charge in [-0.05, 0) is 13.3 Å². The van der Waals surface area contributed by atoms with Crippen LogP contribution in [0.15, 0.2) is 0 Å². The summed E-state index contributed by atoms with van der Waals surface area (Å²) in [5.74, 6) is -0.688. The number of esters is 1. The van der Waals surface area contributed by atoms with Crippen LogP contribution in [0.2, 0.25) is 0 Å². The van der Waals surface area contributed by atoms with Crippen molar-refractivity contribution in [3.63, 3.8) is 0 Å². The van der Waals surface area contributed by atoms with Crippen molar-refractivity contribution in [2.24, 2.45) is 0 Å². The van der Waals surface area contributed by atoms with E-state index >= 15 is 0 Å². The Labute approximate surface area is 96.5 Å². The fraction of sp³-hybridized carbons (Fsp3) is 0.818. The first-order valence-electron chi connectivity index (χ1n) is 5.60. The lowest BCUT2D eigenvalue weighted by Crippen LogP contribution is -2.43. The molecule has 0 rings (SSSR count). The van der Waals surface area contributed by atoms with Gasteiger partial charge in [0.05, 0.1) is 7.11 Å². The molecular formula is C11H21NO4. The third-order valence-corrected chi connectivity index (χ3v) is 2.10. The maximum atomic E-state index is 11.4. The van der Waals surface area contributed by atoms with Crippen molar-refractivity contribution in [2.45, 2.75) is 39.2 Å². The molecule has 5 nitrogen and oxygen atoms in total. The van der Waals surface area contributed by atoms with Gasteiger partial charge in [-0.2, -0.15) is 0 Å². The topological polar surface area (TPSA) is 64.6 Å². The number of hydrogen-bond donors (Lipinski definition) is 1. The average Bonchev–Trinajstić information content (AvgIpc) is 2.30. The Morgan fingerprint density at radius 3 is 2.50 bits per heavy atom. The predicted octanol–water partition coefficient (Wildman–Crippen LogP) is 0.871. The summed E-state index contributed by atoms with van der Waals surface area (Å²) < 4.78 is 9.57. The van der Waals surface area contributed by atoms with Crippen molar-refractivity contribution in [3.8, 4) is 0 Å². The number of carbonyl (C=O) groups is 2. The lowest BCUT2D eigenvalue weighted by Gasteiger charge is -2.15. The summed E-state index contributed by atoms with van der Waals surface area (Å²) in [4.78, 5) is 22.7. The molecule has 0 aliphatic rings. The van der Waals surface area contributed by atoms with Crippen LogP contribution >= 0.6 is 0 Å². The lowest BCUT2D eigenvalue weighted by atomic mass is 10.1. The number of hydrogen-bond acceptors (Lipinski definition) is 4. The summed E-state index contributed by atoms with van der Waals surface area (Å²) >= 11 is 0. The smallest absolute Gasteiger partial charge is 0.328 e. The van der Waals surface area contributed by atoms with Gasteiger partial charge in [-0.3, -0.25) is 4.79 Å². The summed E-state index contributed by atoms with van der Waals surface area (Å²) in [6, 6.07) is -0.557. The first-order valence-corrected chi connectivity index (χ1v) is 5.60. The van der Waals surface area contributed by atoms with Gasteiger partial charge < -0.3 is 14.8 Å². The SMILES string of the molecule is CCCCC(NC(=O)COCC)C(=O)OC. The van der Waals surface area contributed by atoms with Crippen LogP contribution < -0.4 is 5.32 Å². The molecule has 16 heavy (non-hydrogen) atoms. The number of ether oxygens (including phenoxy) is 2. The molecular weight excluding hydrogens is 210 g/mol. The molecule has 0 saturated carbocycles. The van der Waals surface area contributed by atoms with Crippen LogP contribution in [0.3, 0.4) is 0 Å². The molecule has 1 atom stereocenters. The number of methoxy groups -OCH3 is 1. The largest absolute Gasteiger partial charge is 0.467 e. The van der Waals surface area contributed by atoms with Gasteiger partial charge in [0.25, 0.3) is 0 Å². The molecule has 0 radical (unpaired) electrons. The van der Waals surface area contributed by atoms with Gasteiger partial charge in [-0.15, -0.1) is 0 Å². The van der Waals surface area contributed by atoms with Gasteiger partial charge >= 0.3 is 5.97 Å². The molecule has 0 heterocycles. The van der Waals surface area contributed by atoms with E-state index in [1.165, 1.54) is 7.11 Å². The zero-order chi connectivity index (χ0) is 12.4. The summed E-state index contributed by atoms with van der Waals surface area (Å²) in [6.07, 6.45) is 2.44. The third kappa shape index (κ3) is 6.40. The molecule has 1 unspecified atom stereocenters. The van der Waals surface area contributed by atoms with E-state index in [-0.39, 0.29) is 12.5 Å². The zero-order valence-electron chi connectivity index (χ0n) is 10.2. The van der Waals surface area contributed by atoms with Crippen molar-refractivity contribution in [1.82, 2.24) is 5.32 Å². The summed E-state index contributed by atoms with van der Waals surface area (Å²) in [7, 11) is 1.32. The van der Waals surface area contributed by atoms with E-state index in [4.69, 9.17) is 4.74 Å². The highest BCUT2D eigenvalue weighted by atomic mass is 16.5. The molecule has 0 bridgehead atoms. The van der Waals surface area contributed by atoms with E-state index in [2.05, 4.69) is 10.1 Å². The number of amides is 1. The molecule has 0 fully saturated rings. The fourth-order valence-electron chi connectivity index (χ4n) is 1.23. The molecule has 1 N–H and O–H groups in total. The van der Waals surface area contributed by atoms with Crippen molar-refractivity contribution < 1.29 is 19.1 Å². The Morgan fingerprint density at radius 2 is 2.00 bits per heavy atom. The molecule has 0 saturated heterocycles. The summed E-state index contributed by atoms with van der Waals surface area (Å²) in [5, 5.41) is 2.60. The number of unbranched alkanes of at least 4 members (excludes halogenated alkanes) is 1. The van der Waals surface area contributed by atoms with Crippen LogP contribution in [-0.2, 0) is 19.1 Å². The lowest BCUT2D eigenvalue weighted by molar-refractivity contribution is -0.145. The molecule has 0 aliphatic carbocycles. The van der Waals surface area contributed by atoms with Gasteiger partial charge in [0.2, 0.25) is 5.91 Å². The highest BCUT2D eigenvalue weighted by molar-refractivity contribution is 5.84. The van der Waals surface area contributed by atoms with Crippen molar-refractivity contribution in [3.05, 3.63) is 0 Å². The van der Waals surface area contributed by atoms with Crippen LogP contribution in [0.25, 0.3) is 0 Å². The van der Waals surface area contributed by atoms with E-state index in [0.717, 1.165) is 12.8 Å². The maximum absolute atomic E-state index is 11.4. The Bertz CT molecular complexity index is 218. The number of carbonyl (C=O) groups excluding carboxylic acids is 2. The van der Waals surface area contributed by atoms with Crippen LogP contribution in [0.1, 0.15) is 33.1 Å². The Balaban J connectivity index is 4.08. The standard InChI is InChI=1S/C11H21NO4/c1-4-6-7-9(11(14)15-3)12-10(13)8-16-5-2/h9H,4-8H2,1-3H3,(H,12,13). The van der Waals surface area contributed by atoms with E-state index in [1.807, 2.05) is 13.8 Å². The van der Waals surface area contributed by atoms with Gasteiger partial charge in [-0.1, -0.05) is 19.8 Å². The molecule has 0 spiro atoms. The van der Waals surface area contributed by atoms with Crippen LogP contribution in [0.4, 0.5) is 0 Å². The number of nitrogens with one attached hydrogen (secondary N) is 1. The van der Waals surface area contributed by atoms with Crippen molar-refractivity contribution in [1.29, 1.82) is 0 Å². The van der Waals surface area contributed by atoms with Gasteiger partial charge in [-0.25, -0.2) is 4.79 Å². The second-order valence-electron chi connectivity index (χ2n) is 3.42. The quantitative estimate of drug-likeness (QED) is 0.630. The molecule has 0 aromatic heterocycles.